The third kappa shape index (κ3) is 6.60. The van der Waals surface area contributed by atoms with Crippen molar-refractivity contribution >= 4 is 34.8 Å². The van der Waals surface area contributed by atoms with Crippen molar-refractivity contribution in [1.82, 2.24) is 40.9 Å². The van der Waals surface area contributed by atoms with E-state index in [0.29, 0.717) is 28.4 Å². The molecule has 0 unspecified atom stereocenters. The number of benzene rings is 1. The number of nitrogens with one attached hydrogen (secondary N) is 3. The SMILES string of the molecule is C=C1NC(=O)[C@@H](C(C)C)NC(=O)[C@@H]([C@@H](C)CC)NC(=O)c2nc(oc2-c2ccccc2)-c2coc(n2)-c2csc(n2)-c2coc(n2)-c2coc1n2. The van der Waals surface area contributed by atoms with Gasteiger partial charge in [-0.05, 0) is 11.8 Å². The van der Waals surface area contributed by atoms with E-state index in [4.69, 9.17) is 17.7 Å². The van der Waals surface area contributed by atoms with Gasteiger partial charge in [-0.2, -0.15) is 0 Å². The zero-order chi connectivity index (χ0) is 35.8. The summed E-state index contributed by atoms with van der Waals surface area (Å²) in [5.74, 6) is -1.88. The molecule has 0 spiro atoms. The van der Waals surface area contributed by atoms with Crippen molar-refractivity contribution in [2.24, 2.45) is 11.8 Å². The van der Waals surface area contributed by atoms with E-state index in [0.717, 1.165) is 0 Å². The van der Waals surface area contributed by atoms with Crippen LogP contribution in [-0.2, 0) is 9.59 Å². The predicted octanol–water partition coefficient (Wildman–Crippen LogP) is 5.82. The summed E-state index contributed by atoms with van der Waals surface area (Å²) in [5, 5.41) is 10.6. The highest BCUT2D eigenvalue weighted by atomic mass is 32.1. The summed E-state index contributed by atoms with van der Waals surface area (Å²) >= 11 is 1.29. The molecule has 3 N–H and O–H groups in total. The molecule has 6 aromatic rings. The highest BCUT2D eigenvalue weighted by Crippen LogP contribution is 2.34. The largest absolute Gasteiger partial charge is 0.443 e. The molecule has 260 valence electrons. The van der Waals surface area contributed by atoms with E-state index in [1.54, 1.807) is 43.5 Å². The summed E-state index contributed by atoms with van der Waals surface area (Å²) in [7, 11) is 0. The summed E-state index contributed by atoms with van der Waals surface area (Å²) in [4.78, 5) is 64.0. The lowest BCUT2D eigenvalue weighted by Crippen LogP contribution is -2.57. The predicted molar refractivity (Wildman–Crippen MR) is 184 cm³/mol. The van der Waals surface area contributed by atoms with Crippen molar-refractivity contribution in [3.63, 3.8) is 0 Å². The first-order chi connectivity index (χ1) is 24.6. The minimum absolute atomic E-state index is 0.0172. The maximum Gasteiger partial charge on any atom is 0.274 e. The Morgan fingerprint density at radius 1 is 0.765 bits per heavy atom. The molecule has 10 bridgehead atoms. The van der Waals surface area contributed by atoms with Gasteiger partial charge in [-0.25, -0.2) is 24.9 Å². The number of carbonyl (C=O) groups excluding carboxylic acids is 3. The lowest BCUT2D eigenvalue weighted by atomic mass is 9.96. The number of thiazole rings is 1. The number of fused-ring (bicyclic) bond motifs is 14. The molecule has 1 aromatic carbocycles. The average molecular weight is 709 g/mol. The molecule has 6 heterocycles. The second-order valence-electron chi connectivity index (χ2n) is 12.2. The van der Waals surface area contributed by atoms with Crippen LogP contribution < -0.4 is 16.0 Å². The summed E-state index contributed by atoms with van der Waals surface area (Å²) < 4.78 is 23.1. The lowest BCUT2D eigenvalue weighted by molar-refractivity contribution is -0.131. The van der Waals surface area contributed by atoms with Gasteiger partial charge < -0.3 is 33.6 Å². The molecule has 1 aliphatic heterocycles. The highest BCUT2D eigenvalue weighted by Gasteiger charge is 2.34. The van der Waals surface area contributed by atoms with Crippen molar-refractivity contribution < 1.29 is 32.1 Å². The fraction of sp³-hybridized carbons (Fsp3) is 0.257. The van der Waals surface area contributed by atoms with Crippen LogP contribution >= 0.6 is 11.3 Å². The van der Waals surface area contributed by atoms with Gasteiger partial charge in [0.15, 0.2) is 22.8 Å². The molecule has 5 aromatic heterocycles. The first-order valence-electron chi connectivity index (χ1n) is 16.1. The molecule has 16 heteroatoms. The number of nitrogens with zero attached hydrogens (tertiary/aromatic N) is 5. The van der Waals surface area contributed by atoms with E-state index in [1.165, 1.54) is 30.1 Å². The number of aromatic nitrogens is 5. The number of rotatable bonds is 4. The molecular formula is C35H32N8O7S. The Hall–Kier alpha value is -6.16. The van der Waals surface area contributed by atoms with E-state index in [9.17, 15) is 14.4 Å². The van der Waals surface area contributed by atoms with Crippen LogP contribution in [0.3, 0.4) is 0 Å². The average Bonchev–Trinajstić information content (AvgIpc) is 3.97. The van der Waals surface area contributed by atoms with Gasteiger partial charge in [-0.3, -0.25) is 14.4 Å². The second kappa shape index (κ2) is 13.6. The first-order valence-corrected chi connectivity index (χ1v) is 17.0. The topological polar surface area (TPSA) is 204 Å². The van der Waals surface area contributed by atoms with Crippen LogP contribution in [0.5, 0.6) is 0 Å². The summed E-state index contributed by atoms with van der Waals surface area (Å²) in [6.07, 6.45) is 4.65. The van der Waals surface area contributed by atoms with Crippen LogP contribution in [-0.4, -0.2) is 54.7 Å². The van der Waals surface area contributed by atoms with Crippen molar-refractivity contribution in [2.45, 2.75) is 46.2 Å². The van der Waals surface area contributed by atoms with E-state index < -0.39 is 29.8 Å². The van der Waals surface area contributed by atoms with E-state index in [1.807, 2.05) is 19.9 Å². The van der Waals surface area contributed by atoms with Gasteiger partial charge in [0, 0.05) is 10.9 Å². The summed E-state index contributed by atoms with van der Waals surface area (Å²) in [6.45, 7) is 11.2. The van der Waals surface area contributed by atoms with Gasteiger partial charge >= 0.3 is 0 Å². The maximum absolute atomic E-state index is 14.0. The fourth-order valence-corrected chi connectivity index (χ4v) is 6.06. The van der Waals surface area contributed by atoms with E-state index in [2.05, 4.69) is 47.4 Å². The number of carbonyl (C=O) groups is 3. The van der Waals surface area contributed by atoms with Gasteiger partial charge in [0.05, 0.1) is 5.70 Å². The van der Waals surface area contributed by atoms with Crippen LogP contribution in [0.1, 0.15) is 50.5 Å². The third-order valence-electron chi connectivity index (χ3n) is 8.33. The Bertz CT molecular complexity index is 2240. The Morgan fingerprint density at radius 2 is 1.41 bits per heavy atom. The standard InChI is InChI=1S/C35H32N8O7S/c1-6-17(4)25-29(45)41-24(16(2)3)28(44)36-18(5)31-37-20(12-47-31)32-39-22(14-49-32)35-40-23(15-51-35)33-38-21(13-48-33)34-43-26(30(46)42-25)27(50-34)19-10-8-7-9-11-19/h7-17,24-25H,5-6H2,1-4H3,(H,36,44)(H,41,45)(H,42,46)/t17-,24+,25+/m0/s1. The molecule has 3 amide bonds. The minimum Gasteiger partial charge on any atom is -0.443 e. The Labute approximate surface area is 294 Å². The van der Waals surface area contributed by atoms with Gasteiger partial charge in [0.2, 0.25) is 35.4 Å². The monoisotopic (exact) mass is 708 g/mol. The molecular weight excluding hydrogens is 677 g/mol. The molecule has 3 atom stereocenters. The number of hydrogen-bond donors (Lipinski definition) is 3. The molecule has 1 aliphatic rings. The molecule has 15 nitrogen and oxygen atoms in total. The molecule has 0 radical (unpaired) electrons. The van der Waals surface area contributed by atoms with Crippen LogP contribution in [0.4, 0.5) is 0 Å². The third-order valence-corrected chi connectivity index (χ3v) is 9.20. The van der Waals surface area contributed by atoms with Gasteiger partial charge in [-0.1, -0.05) is 71.0 Å². The zero-order valence-electron chi connectivity index (χ0n) is 27.9. The summed E-state index contributed by atoms with van der Waals surface area (Å²) in [6, 6.07) is 6.94. The van der Waals surface area contributed by atoms with Gasteiger partial charge in [0.25, 0.3) is 5.91 Å². The molecule has 0 saturated heterocycles. The fourth-order valence-electron chi connectivity index (χ4n) is 5.32. The molecule has 51 heavy (non-hydrogen) atoms. The molecule has 0 fully saturated rings. The normalized spacial score (nSPS) is 17.4. The second-order valence-corrected chi connectivity index (χ2v) is 13.1. The number of amides is 3. The Morgan fingerprint density at radius 3 is 2.14 bits per heavy atom. The highest BCUT2D eigenvalue weighted by molar-refractivity contribution is 7.13. The van der Waals surface area contributed by atoms with Crippen molar-refractivity contribution in [2.75, 3.05) is 0 Å². The Kier molecular flexibility index (Phi) is 8.91. The first kappa shape index (κ1) is 33.3. The number of hydrogen-bond acceptors (Lipinski definition) is 13. The molecule has 0 saturated carbocycles. The number of oxazole rings is 4. The lowest BCUT2D eigenvalue weighted by Gasteiger charge is -2.27. The van der Waals surface area contributed by atoms with Crippen LogP contribution in [0.2, 0.25) is 0 Å². The van der Waals surface area contributed by atoms with Crippen molar-refractivity contribution in [3.05, 3.63) is 72.7 Å². The quantitative estimate of drug-likeness (QED) is 0.198. The Balaban J connectivity index is 1.31. The zero-order valence-corrected chi connectivity index (χ0v) is 28.7. The van der Waals surface area contributed by atoms with E-state index >= 15 is 0 Å². The smallest absolute Gasteiger partial charge is 0.274 e. The van der Waals surface area contributed by atoms with Gasteiger partial charge in [-0.15, -0.1) is 11.3 Å². The molecule has 0 aliphatic carbocycles. The van der Waals surface area contributed by atoms with E-state index in [-0.39, 0.29) is 63.9 Å². The van der Waals surface area contributed by atoms with Crippen molar-refractivity contribution in [3.8, 4) is 56.8 Å². The maximum atomic E-state index is 14.0. The van der Waals surface area contributed by atoms with Crippen LogP contribution in [0.25, 0.3) is 62.5 Å². The van der Waals surface area contributed by atoms with Crippen molar-refractivity contribution in [1.29, 1.82) is 0 Å². The van der Waals surface area contributed by atoms with Gasteiger partial charge in [0.1, 0.15) is 47.3 Å². The van der Waals surface area contributed by atoms with Crippen LogP contribution in [0, 0.1) is 11.8 Å². The van der Waals surface area contributed by atoms with Crippen LogP contribution in [0.15, 0.2) is 78.7 Å². The molecule has 7 rings (SSSR count). The summed E-state index contributed by atoms with van der Waals surface area (Å²) in [5.41, 5.74) is 1.92. The minimum atomic E-state index is -1.04.